The summed E-state index contributed by atoms with van der Waals surface area (Å²) < 4.78 is 25.8. The molecule has 2 rings (SSSR count). The molecule has 0 aromatic heterocycles. The fraction of sp³-hybridized carbons (Fsp3) is 0.875. The second kappa shape index (κ2) is 7.25. The molecule has 1 atom stereocenters. The number of hydrogen-bond donors (Lipinski definition) is 0. The van der Waals surface area contributed by atoms with Gasteiger partial charge in [0.25, 0.3) is 0 Å². The first-order valence-corrected chi connectivity index (χ1v) is 9.84. The van der Waals surface area contributed by atoms with E-state index in [-0.39, 0.29) is 5.75 Å². The Morgan fingerprint density at radius 2 is 1.76 bits per heavy atom. The Balaban J connectivity index is 1.82. The van der Waals surface area contributed by atoms with E-state index in [1.54, 1.807) is 4.31 Å². The summed E-state index contributed by atoms with van der Waals surface area (Å²) in [6, 6.07) is 0. The minimum atomic E-state index is -3.10. The molecule has 0 bridgehead atoms. The Kier molecular flexibility index (Phi) is 5.86. The second-order valence-electron chi connectivity index (χ2n) is 7.01. The van der Waals surface area contributed by atoms with E-state index in [2.05, 4.69) is 25.3 Å². The Bertz CT molecular complexity index is 439. The largest absolute Gasteiger partial charge is 0.303 e. The number of hydrogen-bond acceptors (Lipinski definition) is 3. The maximum Gasteiger partial charge on any atom is 0.217 e. The highest BCUT2D eigenvalue weighted by Gasteiger charge is 2.35. The topological polar surface area (TPSA) is 40.6 Å². The van der Waals surface area contributed by atoms with Crippen LogP contribution in [0.25, 0.3) is 0 Å². The summed E-state index contributed by atoms with van der Waals surface area (Å²) in [7, 11) is -3.10. The molecule has 2 saturated heterocycles. The standard InChI is InChI=1S/C16H30N2O2S/c1-4-11-21(19,20)18-10-7-16(13-18)15-5-8-17(9-6-15)12-14(2)3/h4,14-16H,1,5-13H2,2-3H3. The van der Waals surface area contributed by atoms with Gasteiger partial charge in [-0.1, -0.05) is 19.9 Å². The van der Waals surface area contributed by atoms with Crippen LogP contribution in [0.5, 0.6) is 0 Å². The van der Waals surface area contributed by atoms with Crippen LogP contribution in [-0.4, -0.2) is 56.1 Å². The van der Waals surface area contributed by atoms with Gasteiger partial charge in [-0.05, 0) is 50.1 Å². The smallest absolute Gasteiger partial charge is 0.217 e. The van der Waals surface area contributed by atoms with Gasteiger partial charge in [0.05, 0.1) is 5.75 Å². The van der Waals surface area contributed by atoms with Crippen LogP contribution in [0.2, 0.25) is 0 Å². The number of nitrogens with zero attached hydrogens (tertiary/aromatic N) is 2. The quantitative estimate of drug-likeness (QED) is 0.706. The summed E-state index contributed by atoms with van der Waals surface area (Å²) in [5.74, 6) is 2.07. The van der Waals surface area contributed by atoms with Gasteiger partial charge in [0.1, 0.15) is 0 Å². The number of likely N-dealkylation sites (tertiary alicyclic amines) is 1. The van der Waals surface area contributed by atoms with Crippen LogP contribution >= 0.6 is 0 Å². The second-order valence-corrected chi connectivity index (χ2v) is 9.02. The average molecular weight is 314 g/mol. The van der Waals surface area contributed by atoms with Crippen molar-refractivity contribution in [1.82, 2.24) is 9.21 Å². The van der Waals surface area contributed by atoms with Crippen LogP contribution in [-0.2, 0) is 10.0 Å². The molecule has 2 aliphatic rings. The van der Waals surface area contributed by atoms with Crippen molar-refractivity contribution in [2.75, 3.05) is 38.5 Å². The molecule has 0 radical (unpaired) electrons. The van der Waals surface area contributed by atoms with Crippen molar-refractivity contribution in [2.24, 2.45) is 17.8 Å². The lowest BCUT2D eigenvalue weighted by Gasteiger charge is -2.35. The zero-order chi connectivity index (χ0) is 15.5. The molecule has 122 valence electrons. The monoisotopic (exact) mass is 314 g/mol. The minimum absolute atomic E-state index is 0.0759. The van der Waals surface area contributed by atoms with E-state index in [0.717, 1.165) is 18.9 Å². The lowest BCUT2D eigenvalue weighted by Crippen LogP contribution is -2.39. The Morgan fingerprint density at radius 1 is 1.14 bits per heavy atom. The number of sulfonamides is 1. The van der Waals surface area contributed by atoms with Crippen molar-refractivity contribution < 1.29 is 8.42 Å². The first-order valence-electron chi connectivity index (χ1n) is 8.23. The summed E-state index contributed by atoms with van der Waals surface area (Å²) in [6.07, 6.45) is 4.98. The normalized spacial score (nSPS) is 26.5. The van der Waals surface area contributed by atoms with Crippen LogP contribution in [0.1, 0.15) is 33.1 Å². The molecular weight excluding hydrogens is 284 g/mol. The summed E-state index contributed by atoms with van der Waals surface area (Å²) in [6.45, 7) is 13.1. The van der Waals surface area contributed by atoms with Crippen molar-refractivity contribution in [3.8, 4) is 0 Å². The third-order valence-electron chi connectivity index (χ3n) is 4.83. The van der Waals surface area contributed by atoms with Gasteiger partial charge in [0.2, 0.25) is 10.0 Å². The summed E-state index contributed by atoms with van der Waals surface area (Å²) >= 11 is 0. The first kappa shape index (κ1) is 17.0. The predicted octanol–water partition coefficient (Wildman–Crippen LogP) is 2.19. The third-order valence-corrected chi connectivity index (χ3v) is 6.61. The van der Waals surface area contributed by atoms with E-state index in [1.807, 2.05) is 0 Å². The lowest BCUT2D eigenvalue weighted by atomic mass is 9.83. The molecule has 1 unspecified atom stereocenters. The van der Waals surface area contributed by atoms with Gasteiger partial charge in [-0.15, -0.1) is 6.58 Å². The minimum Gasteiger partial charge on any atom is -0.303 e. The number of rotatable bonds is 6. The van der Waals surface area contributed by atoms with Crippen LogP contribution in [0.4, 0.5) is 0 Å². The SMILES string of the molecule is C=CCS(=O)(=O)N1CCC(C2CCN(CC(C)C)CC2)C1. The molecule has 0 spiro atoms. The van der Waals surface area contributed by atoms with E-state index in [0.29, 0.717) is 18.4 Å². The highest BCUT2D eigenvalue weighted by Crippen LogP contribution is 2.33. The molecule has 21 heavy (non-hydrogen) atoms. The Hall–Kier alpha value is -0.390. The van der Waals surface area contributed by atoms with Gasteiger partial charge < -0.3 is 4.90 Å². The molecule has 2 heterocycles. The van der Waals surface area contributed by atoms with Crippen LogP contribution in [0.15, 0.2) is 12.7 Å². The zero-order valence-electron chi connectivity index (χ0n) is 13.5. The van der Waals surface area contributed by atoms with Gasteiger partial charge in [0, 0.05) is 19.6 Å². The fourth-order valence-electron chi connectivity index (χ4n) is 3.77. The maximum absolute atomic E-state index is 12.1. The van der Waals surface area contributed by atoms with Crippen LogP contribution in [0, 0.1) is 17.8 Å². The molecule has 0 saturated carbocycles. The molecule has 0 aromatic carbocycles. The van der Waals surface area contributed by atoms with Crippen molar-refractivity contribution in [3.63, 3.8) is 0 Å². The van der Waals surface area contributed by atoms with Crippen molar-refractivity contribution in [1.29, 1.82) is 0 Å². The summed E-state index contributed by atoms with van der Waals surface area (Å²) in [5, 5.41) is 0. The molecule has 2 fully saturated rings. The van der Waals surface area contributed by atoms with E-state index in [1.165, 1.54) is 38.6 Å². The molecule has 5 heteroatoms. The van der Waals surface area contributed by atoms with E-state index in [9.17, 15) is 8.42 Å². The predicted molar refractivity (Wildman–Crippen MR) is 87.7 cm³/mol. The molecular formula is C16H30N2O2S. The Labute approximate surface area is 130 Å². The highest BCUT2D eigenvalue weighted by molar-refractivity contribution is 7.89. The maximum atomic E-state index is 12.1. The summed E-state index contributed by atoms with van der Waals surface area (Å²) in [5.41, 5.74) is 0. The first-order chi connectivity index (χ1) is 9.92. The zero-order valence-corrected chi connectivity index (χ0v) is 14.3. The van der Waals surface area contributed by atoms with Crippen LogP contribution < -0.4 is 0 Å². The molecule has 4 nitrogen and oxygen atoms in total. The third kappa shape index (κ3) is 4.54. The van der Waals surface area contributed by atoms with Gasteiger partial charge in [-0.3, -0.25) is 0 Å². The molecule has 0 aliphatic carbocycles. The van der Waals surface area contributed by atoms with Gasteiger partial charge >= 0.3 is 0 Å². The fourth-order valence-corrected chi connectivity index (χ4v) is 5.08. The van der Waals surface area contributed by atoms with E-state index in [4.69, 9.17) is 0 Å². The number of piperidine rings is 1. The molecule has 0 amide bonds. The summed E-state index contributed by atoms with van der Waals surface area (Å²) in [4.78, 5) is 2.56. The van der Waals surface area contributed by atoms with Gasteiger partial charge in [-0.25, -0.2) is 12.7 Å². The molecule has 2 aliphatic heterocycles. The van der Waals surface area contributed by atoms with Crippen molar-refractivity contribution in [3.05, 3.63) is 12.7 Å². The highest BCUT2D eigenvalue weighted by atomic mass is 32.2. The molecule has 0 aromatic rings. The van der Waals surface area contributed by atoms with E-state index < -0.39 is 10.0 Å². The van der Waals surface area contributed by atoms with Gasteiger partial charge in [-0.2, -0.15) is 0 Å². The van der Waals surface area contributed by atoms with Gasteiger partial charge in [0.15, 0.2) is 0 Å². The van der Waals surface area contributed by atoms with Crippen LogP contribution in [0.3, 0.4) is 0 Å². The Morgan fingerprint density at radius 3 is 2.33 bits per heavy atom. The van der Waals surface area contributed by atoms with E-state index >= 15 is 0 Å². The van der Waals surface area contributed by atoms with Crippen molar-refractivity contribution in [2.45, 2.75) is 33.1 Å². The van der Waals surface area contributed by atoms with Crippen molar-refractivity contribution >= 4 is 10.0 Å². The average Bonchev–Trinajstić information content (AvgIpc) is 2.89. The molecule has 0 N–H and O–H groups in total. The lowest BCUT2D eigenvalue weighted by molar-refractivity contribution is 0.139.